The van der Waals surface area contributed by atoms with Crippen molar-refractivity contribution in [1.82, 2.24) is 10.1 Å². The van der Waals surface area contributed by atoms with Gasteiger partial charge in [0.2, 0.25) is 5.89 Å². The molecule has 0 bridgehead atoms. The summed E-state index contributed by atoms with van der Waals surface area (Å²) in [7, 11) is 1.68. The fraction of sp³-hybridized carbons (Fsp3) is 0.818. The van der Waals surface area contributed by atoms with Gasteiger partial charge in [-0.3, -0.25) is 0 Å². The normalized spacial score (nSPS) is 14.1. The first kappa shape index (κ1) is 13.1. The van der Waals surface area contributed by atoms with Crippen LogP contribution >= 0.6 is 0 Å². The molecule has 0 saturated carbocycles. The highest BCUT2D eigenvalue weighted by molar-refractivity contribution is 5.01. The van der Waals surface area contributed by atoms with Gasteiger partial charge in [0, 0.05) is 19.1 Å². The number of rotatable bonds is 5. The van der Waals surface area contributed by atoms with Gasteiger partial charge < -0.3 is 15.0 Å². The molecule has 0 aliphatic carbocycles. The van der Waals surface area contributed by atoms with Gasteiger partial charge in [-0.15, -0.1) is 0 Å². The molecule has 0 saturated heterocycles. The molecule has 0 amide bonds. The molecule has 5 nitrogen and oxygen atoms in total. The van der Waals surface area contributed by atoms with Gasteiger partial charge in [-0.25, -0.2) is 0 Å². The zero-order valence-corrected chi connectivity index (χ0v) is 10.5. The highest BCUT2D eigenvalue weighted by Gasteiger charge is 2.23. The standard InChI is InChI=1S/C11H21N3O2/c1-11(2,3)10-13-9(16-14-10)8(12)6-5-7-15-4/h8H,5-7,12H2,1-4H3. The van der Waals surface area contributed by atoms with E-state index in [2.05, 4.69) is 10.1 Å². The van der Waals surface area contributed by atoms with E-state index in [9.17, 15) is 0 Å². The predicted molar refractivity (Wildman–Crippen MR) is 61.0 cm³/mol. The largest absolute Gasteiger partial charge is 0.385 e. The Morgan fingerprint density at radius 2 is 2.12 bits per heavy atom. The molecule has 5 heteroatoms. The summed E-state index contributed by atoms with van der Waals surface area (Å²) >= 11 is 0. The van der Waals surface area contributed by atoms with Crippen LogP contribution in [-0.2, 0) is 10.2 Å². The third kappa shape index (κ3) is 3.57. The quantitative estimate of drug-likeness (QED) is 0.776. The summed E-state index contributed by atoms with van der Waals surface area (Å²) < 4.78 is 10.1. The summed E-state index contributed by atoms with van der Waals surface area (Å²) in [6.07, 6.45) is 1.69. The lowest BCUT2D eigenvalue weighted by Gasteiger charge is -2.11. The smallest absolute Gasteiger partial charge is 0.243 e. The average Bonchev–Trinajstić information content (AvgIpc) is 2.66. The summed E-state index contributed by atoms with van der Waals surface area (Å²) in [6, 6.07) is -0.196. The van der Waals surface area contributed by atoms with Crippen molar-refractivity contribution in [3.05, 3.63) is 11.7 Å². The van der Waals surface area contributed by atoms with Crippen molar-refractivity contribution >= 4 is 0 Å². The van der Waals surface area contributed by atoms with Crippen molar-refractivity contribution in [3.63, 3.8) is 0 Å². The van der Waals surface area contributed by atoms with Gasteiger partial charge in [-0.2, -0.15) is 4.98 Å². The number of methoxy groups -OCH3 is 1. The molecule has 1 atom stereocenters. The van der Waals surface area contributed by atoms with Crippen molar-refractivity contribution in [2.45, 2.75) is 45.1 Å². The summed E-state index contributed by atoms with van der Waals surface area (Å²) in [4.78, 5) is 4.32. The second-order valence-corrected chi connectivity index (χ2v) is 4.95. The Kier molecular flexibility index (Phi) is 4.44. The van der Waals surface area contributed by atoms with Crippen LogP contribution in [0.5, 0.6) is 0 Å². The molecule has 1 unspecified atom stereocenters. The Balaban J connectivity index is 2.56. The SMILES string of the molecule is COCCCC(N)c1nc(C(C)(C)C)no1. The van der Waals surface area contributed by atoms with Gasteiger partial charge in [0.1, 0.15) is 0 Å². The topological polar surface area (TPSA) is 74.2 Å². The number of ether oxygens (including phenoxy) is 1. The number of nitrogens with zero attached hydrogens (tertiary/aromatic N) is 2. The fourth-order valence-electron chi connectivity index (χ4n) is 1.26. The monoisotopic (exact) mass is 227 g/mol. The third-order valence-corrected chi connectivity index (χ3v) is 2.29. The Bertz CT molecular complexity index is 317. The Labute approximate surface area is 96.4 Å². The van der Waals surface area contributed by atoms with E-state index in [-0.39, 0.29) is 11.5 Å². The number of hydrogen-bond donors (Lipinski definition) is 1. The lowest BCUT2D eigenvalue weighted by atomic mass is 9.96. The van der Waals surface area contributed by atoms with Crippen LogP contribution < -0.4 is 5.73 Å². The molecule has 0 aromatic carbocycles. The molecule has 92 valence electrons. The Morgan fingerprint density at radius 3 is 2.62 bits per heavy atom. The van der Waals surface area contributed by atoms with E-state index < -0.39 is 0 Å². The molecular formula is C11H21N3O2. The maximum Gasteiger partial charge on any atom is 0.243 e. The first-order chi connectivity index (χ1) is 7.45. The van der Waals surface area contributed by atoms with Crippen LogP contribution in [-0.4, -0.2) is 23.9 Å². The molecule has 0 fully saturated rings. The van der Waals surface area contributed by atoms with Crippen LogP contribution in [0.3, 0.4) is 0 Å². The van der Waals surface area contributed by atoms with Gasteiger partial charge in [-0.05, 0) is 12.8 Å². The molecule has 1 rings (SSSR count). The molecule has 1 heterocycles. The lowest BCUT2D eigenvalue weighted by Crippen LogP contribution is -2.15. The van der Waals surface area contributed by atoms with Crippen LogP contribution in [0.1, 0.15) is 51.4 Å². The van der Waals surface area contributed by atoms with Gasteiger partial charge in [0.25, 0.3) is 0 Å². The molecular weight excluding hydrogens is 206 g/mol. The molecule has 1 aromatic heterocycles. The van der Waals surface area contributed by atoms with E-state index >= 15 is 0 Å². The minimum absolute atomic E-state index is 0.103. The van der Waals surface area contributed by atoms with Gasteiger partial charge in [-0.1, -0.05) is 25.9 Å². The van der Waals surface area contributed by atoms with Gasteiger partial charge >= 0.3 is 0 Å². The minimum Gasteiger partial charge on any atom is -0.385 e. The fourth-order valence-corrected chi connectivity index (χ4v) is 1.26. The second-order valence-electron chi connectivity index (χ2n) is 4.95. The zero-order valence-electron chi connectivity index (χ0n) is 10.5. The zero-order chi connectivity index (χ0) is 12.2. The summed E-state index contributed by atoms with van der Waals surface area (Å²) in [5.74, 6) is 1.21. The van der Waals surface area contributed by atoms with Crippen molar-refractivity contribution in [1.29, 1.82) is 0 Å². The van der Waals surface area contributed by atoms with E-state index in [1.807, 2.05) is 20.8 Å². The van der Waals surface area contributed by atoms with E-state index in [0.717, 1.165) is 12.8 Å². The number of nitrogens with two attached hydrogens (primary N) is 1. The van der Waals surface area contributed by atoms with E-state index in [1.165, 1.54) is 0 Å². The van der Waals surface area contributed by atoms with Crippen molar-refractivity contribution in [2.24, 2.45) is 5.73 Å². The first-order valence-corrected chi connectivity index (χ1v) is 5.53. The Hall–Kier alpha value is -0.940. The van der Waals surface area contributed by atoms with E-state index in [1.54, 1.807) is 7.11 Å². The maximum absolute atomic E-state index is 5.94. The van der Waals surface area contributed by atoms with Gasteiger partial charge in [0.15, 0.2) is 5.82 Å². The van der Waals surface area contributed by atoms with Crippen LogP contribution in [0, 0.1) is 0 Å². The second kappa shape index (κ2) is 5.41. The summed E-state index contributed by atoms with van der Waals surface area (Å²) in [5.41, 5.74) is 5.84. The molecule has 2 N–H and O–H groups in total. The number of hydrogen-bond acceptors (Lipinski definition) is 5. The molecule has 16 heavy (non-hydrogen) atoms. The molecule has 1 aromatic rings. The van der Waals surface area contributed by atoms with Crippen molar-refractivity contribution in [3.8, 4) is 0 Å². The molecule has 0 radical (unpaired) electrons. The summed E-state index contributed by atoms with van der Waals surface area (Å²) in [6.45, 7) is 6.82. The highest BCUT2D eigenvalue weighted by Crippen LogP contribution is 2.21. The first-order valence-electron chi connectivity index (χ1n) is 5.53. The molecule has 0 aliphatic heterocycles. The Morgan fingerprint density at radius 1 is 1.44 bits per heavy atom. The van der Waals surface area contributed by atoms with Crippen molar-refractivity contribution < 1.29 is 9.26 Å². The van der Waals surface area contributed by atoms with Gasteiger partial charge in [0.05, 0.1) is 6.04 Å². The van der Waals surface area contributed by atoms with E-state index in [0.29, 0.717) is 18.3 Å². The molecule has 0 spiro atoms. The lowest BCUT2D eigenvalue weighted by molar-refractivity contribution is 0.188. The van der Waals surface area contributed by atoms with Crippen molar-refractivity contribution in [2.75, 3.05) is 13.7 Å². The van der Waals surface area contributed by atoms with Crippen LogP contribution in [0.25, 0.3) is 0 Å². The summed E-state index contributed by atoms with van der Waals surface area (Å²) in [5, 5.41) is 3.94. The third-order valence-electron chi connectivity index (χ3n) is 2.29. The van der Waals surface area contributed by atoms with Crippen LogP contribution in [0.15, 0.2) is 4.52 Å². The predicted octanol–water partition coefficient (Wildman–Crippen LogP) is 1.79. The average molecular weight is 227 g/mol. The van der Waals surface area contributed by atoms with Crippen LogP contribution in [0.4, 0.5) is 0 Å². The van der Waals surface area contributed by atoms with E-state index in [4.69, 9.17) is 15.0 Å². The maximum atomic E-state index is 5.94. The molecule has 0 aliphatic rings. The highest BCUT2D eigenvalue weighted by atomic mass is 16.5. The number of aromatic nitrogens is 2. The van der Waals surface area contributed by atoms with Crippen LogP contribution in [0.2, 0.25) is 0 Å². The minimum atomic E-state index is -0.196.